The molecule has 170 valence electrons. The topological polar surface area (TPSA) is 116 Å². The zero-order chi connectivity index (χ0) is 22.6. The molecule has 10 heteroatoms. The zero-order valence-corrected chi connectivity index (χ0v) is 18.8. The van der Waals surface area contributed by atoms with Gasteiger partial charge in [0.25, 0.3) is 5.91 Å². The molecule has 2 heterocycles. The minimum absolute atomic E-state index is 0.109. The van der Waals surface area contributed by atoms with Crippen molar-refractivity contribution in [2.24, 2.45) is 0 Å². The van der Waals surface area contributed by atoms with Crippen molar-refractivity contribution in [2.45, 2.75) is 62.8 Å². The molecule has 2 N–H and O–H groups in total. The van der Waals surface area contributed by atoms with Crippen molar-refractivity contribution in [1.82, 2.24) is 14.5 Å². The van der Waals surface area contributed by atoms with Gasteiger partial charge in [-0.3, -0.25) is 14.5 Å². The summed E-state index contributed by atoms with van der Waals surface area (Å²) in [5, 5.41) is 5.28. The summed E-state index contributed by atoms with van der Waals surface area (Å²) in [6, 6.07) is 5.46. The molecule has 2 saturated heterocycles. The average molecular weight is 451 g/mol. The Bertz CT molecular complexity index is 950. The molecule has 2 fully saturated rings. The van der Waals surface area contributed by atoms with Crippen LogP contribution in [0.3, 0.4) is 0 Å². The lowest BCUT2D eigenvalue weighted by molar-refractivity contribution is -0.134. The molecule has 0 radical (unpaired) electrons. The highest BCUT2D eigenvalue weighted by Crippen LogP contribution is 2.25. The number of hydrogen-bond donors (Lipinski definition) is 2. The summed E-state index contributed by atoms with van der Waals surface area (Å²) in [5.74, 6) is -0.994. The fourth-order valence-electron chi connectivity index (χ4n) is 4.06. The normalized spacial score (nSPS) is 19.7. The number of nitrogens with zero attached hydrogens (tertiary/aromatic N) is 2. The number of rotatable bonds is 7. The van der Waals surface area contributed by atoms with E-state index in [0.717, 1.165) is 30.6 Å². The number of carbonyl (C=O) groups is 3. The van der Waals surface area contributed by atoms with Gasteiger partial charge in [0.2, 0.25) is 15.9 Å². The molecule has 9 nitrogen and oxygen atoms in total. The lowest BCUT2D eigenvalue weighted by Gasteiger charge is -2.23. The van der Waals surface area contributed by atoms with Gasteiger partial charge in [-0.1, -0.05) is 32.8 Å². The van der Waals surface area contributed by atoms with E-state index >= 15 is 0 Å². The maximum atomic E-state index is 13.0. The third-order valence-electron chi connectivity index (χ3n) is 6.08. The standard InChI is InChI=1S/C21H30N4O5S/c1-3-21(4-2)19(27)25(20(28)23-21)15-18(26)22-16-10-9-11-17(14-16)31(29,30)24-12-7-5-6-8-13-24/h9-11,14H,3-8,12-13,15H2,1-2H3,(H,22,26)(H,23,28). The molecule has 3 rings (SSSR count). The number of sulfonamides is 1. The molecule has 0 atom stereocenters. The van der Waals surface area contributed by atoms with Gasteiger partial charge in [0, 0.05) is 18.8 Å². The Morgan fingerprint density at radius 1 is 1.10 bits per heavy atom. The van der Waals surface area contributed by atoms with Crippen molar-refractivity contribution < 1.29 is 22.8 Å². The van der Waals surface area contributed by atoms with Crippen LogP contribution in [0, 0.1) is 0 Å². The summed E-state index contributed by atoms with van der Waals surface area (Å²) in [4.78, 5) is 38.4. The molecule has 0 bridgehead atoms. The number of imide groups is 1. The lowest BCUT2D eigenvalue weighted by atomic mass is 9.93. The van der Waals surface area contributed by atoms with Crippen molar-refractivity contribution in [3.8, 4) is 0 Å². The second kappa shape index (κ2) is 9.35. The molecule has 1 aromatic rings. The molecule has 4 amide bonds. The summed E-state index contributed by atoms with van der Waals surface area (Å²) in [6.45, 7) is 4.15. The molecule has 0 unspecified atom stereocenters. The minimum atomic E-state index is -3.65. The van der Waals surface area contributed by atoms with Crippen molar-refractivity contribution >= 4 is 33.6 Å². The van der Waals surface area contributed by atoms with Crippen LogP contribution in [0.15, 0.2) is 29.2 Å². The number of benzene rings is 1. The Morgan fingerprint density at radius 3 is 2.32 bits per heavy atom. The smallest absolute Gasteiger partial charge is 0.324 e. The summed E-state index contributed by atoms with van der Waals surface area (Å²) >= 11 is 0. The van der Waals surface area contributed by atoms with Crippen LogP contribution >= 0.6 is 0 Å². The van der Waals surface area contributed by atoms with E-state index < -0.39 is 40.0 Å². The fraction of sp³-hybridized carbons (Fsp3) is 0.571. The second-order valence-electron chi connectivity index (χ2n) is 8.00. The summed E-state index contributed by atoms with van der Waals surface area (Å²) < 4.78 is 27.5. The number of amides is 4. The van der Waals surface area contributed by atoms with Crippen LogP contribution in [0.4, 0.5) is 10.5 Å². The monoisotopic (exact) mass is 450 g/mol. The largest absolute Gasteiger partial charge is 0.325 e. The van der Waals surface area contributed by atoms with Crippen LogP contribution in [-0.2, 0) is 19.6 Å². The Kier molecular flexibility index (Phi) is 7.00. The molecule has 0 spiro atoms. The van der Waals surface area contributed by atoms with Crippen LogP contribution in [-0.4, -0.2) is 60.6 Å². The number of anilines is 1. The lowest BCUT2D eigenvalue weighted by Crippen LogP contribution is -2.46. The first kappa shape index (κ1) is 23.2. The number of urea groups is 1. The zero-order valence-electron chi connectivity index (χ0n) is 18.0. The van der Waals surface area contributed by atoms with Gasteiger partial charge in [0.1, 0.15) is 12.1 Å². The van der Waals surface area contributed by atoms with Gasteiger partial charge < -0.3 is 10.6 Å². The average Bonchev–Trinajstić information content (AvgIpc) is 2.94. The summed E-state index contributed by atoms with van der Waals surface area (Å²) in [7, 11) is -3.65. The molecular formula is C21H30N4O5S. The van der Waals surface area contributed by atoms with Crippen molar-refractivity contribution in [3.05, 3.63) is 24.3 Å². The van der Waals surface area contributed by atoms with Gasteiger partial charge in [-0.15, -0.1) is 0 Å². The summed E-state index contributed by atoms with van der Waals surface area (Å²) in [6.07, 6.45) is 4.56. The first-order valence-electron chi connectivity index (χ1n) is 10.8. The first-order chi connectivity index (χ1) is 14.7. The Labute approximate surface area is 183 Å². The highest BCUT2D eigenvalue weighted by atomic mass is 32.2. The van der Waals surface area contributed by atoms with Crippen LogP contribution in [0.5, 0.6) is 0 Å². The van der Waals surface area contributed by atoms with Gasteiger partial charge in [-0.25, -0.2) is 13.2 Å². The number of carbonyl (C=O) groups excluding carboxylic acids is 3. The van der Waals surface area contributed by atoms with E-state index in [2.05, 4.69) is 10.6 Å². The van der Waals surface area contributed by atoms with Crippen molar-refractivity contribution in [1.29, 1.82) is 0 Å². The van der Waals surface area contributed by atoms with Gasteiger partial charge >= 0.3 is 6.03 Å². The Morgan fingerprint density at radius 2 is 1.74 bits per heavy atom. The van der Waals surface area contributed by atoms with E-state index in [4.69, 9.17) is 0 Å². The molecule has 0 aromatic heterocycles. The molecular weight excluding hydrogens is 420 g/mol. The Balaban J connectivity index is 1.70. The number of nitrogens with one attached hydrogen (secondary N) is 2. The third-order valence-corrected chi connectivity index (χ3v) is 7.97. The predicted molar refractivity (Wildman–Crippen MR) is 116 cm³/mol. The van der Waals surface area contributed by atoms with Crippen LogP contribution in [0.25, 0.3) is 0 Å². The van der Waals surface area contributed by atoms with Gasteiger partial charge in [0.05, 0.1) is 4.90 Å². The van der Waals surface area contributed by atoms with Crippen LogP contribution < -0.4 is 10.6 Å². The van der Waals surface area contributed by atoms with E-state index in [-0.39, 0.29) is 4.90 Å². The molecule has 1 aromatic carbocycles. The quantitative estimate of drug-likeness (QED) is 0.619. The SMILES string of the molecule is CCC1(CC)NC(=O)N(CC(=O)Nc2cccc(S(=O)(=O)N3CCCCCC3)c2)C1=O. The first-order valence-corrected chi connectivity index (χ1v) is 12.2. The maximum Gasteiger partial charge on any atom is 0.325 e. The highest BCUT2D eigenvalue weighted by Gasteiger charge is 2.49. The Hall–Kier alpha value is -2.46. The van der Waals surface area contributed by atoms with Crippen LogP contribution in [0.2, 0.25) is 0 Å². The van der Waals surface area contributed by atoms with Crippen molar-refractivity contribution in [2.75, 3.05) is 25.0 Å². The van der Waals surface area contributed by atoms with Gasteiger partial charge in [-0.05, 0) is 43.9 Å². The van der Waals surface area contributed by atoms with E-state index in [1.54, 1.807) is 12.1 Å². The molecule has 31 heavy (non-hydrogen) atoms. The van der Waals surface area contributed by atoms with Crippen LogP contribution in [0.1, 0.15) is 52.4 Å². The van der Waals surface area contributed by atoms with Gasteiger partial charge in [-0.2, -0.15) is 4.31 Å². The molecule has 2 aliphatic rings. The van der Waals surface area contributed by atoms with E-state index in [0.29, 0.717) is 31.6 Å². The van der Waals surface area contributed by atoms with E-state index in [9.17, 15) is 22.8 Å². The predicted octanol–water partition coefficient (Wildman–Crippen LogP) is 2.30. The molecule has 2 aliphatic heterocycles. The maximum absolute atomic E-state index is 13.0. The van der Waals surface area contributed by atoms with E-state index in [1.165, 1.54) is 16.4 Å². The van der Waals surface area contributed by atoms with Crippen molar-refractivity contribution in [3.63, 3.8) is 0 Å². The molecule has 0 aliphatic carbocycles. The minimum Gasteiger partial charge on any atom is -0.324 e. The van der Waals surface area contributed by atoms with E-state index in [1.807, 2.05) is 13.8 Å². The highest BCUT2D eigenvalue weighted by molar-refractivity contribution is 7.89. The fourth-order valence-corrected chi connectivity index (χ4v) is 5.62. The second-order valence-corrected chi connectivity index (χ2v) is 9.94. The van der Waals surface area contributed by atoms with Gasteiger partial charge in [0.15, 0.2) is 0 Å². The third kappa shape index (κ3) is 4.74. The summed E-state index contributed by atoms with van der Waals surface area (Å²) in [5.41, 5.74) is -0.677. The molecule has 0 saturated carbocycles. The number of hydrogen-bond acceptors (Lipinski definition) is 5.